The predicted molar refractivity (Wildman–Crippen MR) is 109 cm³/mol. The van der Waals surface area contributed by atoms with E-state index >= 15 is 0 Å². The highest BCUT2D eigenvalue weighted by Gasteiger charge is 2.27. The zero-order chi connectivity index (χ0) is 20.3. The van der Waals surface area contributed by atoms with Crippen molar-refractivity contribution in [1.82, 2.24) is 25.2 Å². The second-order valence-electron chi connectivity index (χ2n) is 7.10. The van der Waals surface area contributed by atoms with Gasteiger partial charge in [-0.05, 0) is 26.2 Å². The van der Waals surface area contributed by atoms with E-state index < -0.39 is 0 Å². The summed E-state index contributed by atoms with van der Waals surface area (Å²) < 4.78 is 1.74. The minimum Gasteiger partial charge on any atom is -0.359 e. The van der Waals surface area contributed by atoms with Crippen molar-refractivity contribution in [3.8, 4) is 0 Å². The summed E-state index contributed by atoms with van der Waals surface area (Å²) in [5.41, 5.74) is 0.110. The zero-order valence-corrected chi connectivity index (χ0v) is 17.2. The van der Waals surface area contributed by atoms with E-state index in [2.05, 4.69) is 20.6 Å². The number of carbonyl (C=O) groups excluding carboxylic acids is 2. The quantitative estimate of drug-likeness (QED) is 0.732. The molecular formula is C18H26N6O3S. The Morgan fingerprint density at radius 1 is 1.43 bits per heavy atom. The summed E-state index contributed by atoms with van der Waals surface area (Å²) in [5, 5.41) is 6.24. The second kappa shape index (κ2) is 8.68. The zero-order valence-electron chi connectivity index (χ0n) is 16.4. The maximum atomic E-state index is 12.8. The number of carbonyl (C=O) groups is 2. The number of rotatable bonds is 6. The lowest BCUT2D eigenvalue weighted by molar-refractivity contribution is -0.125. The number of fused-ring (bicyclic) bond motifs is 1. The molecule has 0 aromatic carbocycles. The molecule has 2 N–H and O–H groups in total. The number of hydrogen-bond donors (Lipinski definition) is 2. The lowest BCUT2D eigenvalue weighted by Crippen LogP contribution is -2.42. The molecule has 1 aliphatic rings. The summed E-state index contributed by atoms with van der Waals surface area (Å²) >= 11 is 1.27. The van der Waals surface area contributed by atoms with Gasteiger partial charge in [-0.2, -0.15) is 4.98 Å². The topological polar surface area (TPSA) is 109 Å². The van der Waals surface area contributed by atoms with Gasteiger partial charge in [-0.15, -0.1) is 0 Å². The fourth-order valence-corrected chi connectivity index (χ4v) is 4.23. The minimum absolute atomic E-state index is 0.0265. The minimum atomic E-state index is -0.270. The highest BCUT2D eigenvalue weighted by atomic mass is 32.1. The third kappa shape index (κ3) is 4.32. The largest absolute Gasteiger partial charge is 0.359 e. The van der Waals surface area contributed by atoms with E-state index in [4.69, 9.17) is 0 Å². The molecule has 1 fully saturated rings. The molecule has 2 aromatic heterocycles. The molecule has 0 spiro atoms. The van der Waals surface area contributed by atoms with E-state index in [-0.39, 0.29) is 35.9 Å². The summed E-state index contributed by atoms with van der Waals surface area (Å²) in [6.07, 6.45) is 3.93. The Bertz CT molecular complexity index is 924. The lowest BCUT2D eigenvalue weighted by Gasteiger charge is -2.31. The molecular weight excluding hydrogens is 380 g/mol. The average Bonchev–Trinajstić information content (AvgIpc) is 3.14. The Morgan fingerprint density at radius 3 is 2.93 bits per heavy atom. The fraction of sp³-hybridized carbons (Fsp3) is 0.611. The molecule has 9 nitrogen and oxygen atoms in total. The maximum Gasteiger partial charge on any atom is 0.273 e. The van der Waals surface area contributed by atoms with Crippen molar-refractivity contribution < 1.29 is 9.59 Å². The average molecular weight is 407 g/mol. The van der Waals surface area contributed by atoms with E-state index in [9.17, 15) is 14.4 Å². The van der Waals surface area contributed by atoms with Crippen LogP contribution in [0.15, 0.2) is 11.1 Å². The molecule has 0 saturated carbocycles. The van der Waals surface area contributed by atoms with Gasteiger partial charge in [0, 0.05) is 26.2 Å². The van der Waals surface area contributed by atoms with Crippen molar-refractivity contribution in [1.29, 1.82) is 0 Å². The molecule has 0 aliphatic carbocycles. The molecule has 3 rings (SSSR count). The number of hydrogen-bond acceptors (Lipinski definition) is 7. The smallest absolute Gasteiger partial charge is 0.273 e. The van der Waals surface area contributed by atoms with E-state index in [1.165, 1.54) is 22.2 Å². The first-order chi connectivity index (χ1) is 13.4. The van der Waals surface area contributed by atoms with Crippen molar-refractivity contribution in [3.05, 3.63) is 16.7 Å². The highest BCUT2D eigenvalue weighted by Crippen LogP contribution is 2.29. The number of anilines is 1. The molecule has 0 bridgehead atoms. The van der Waals surface area contributed by atoms with Crippen LogP contribution in [-0.2, 0) is 16.1 Å². The van der Waals surface area contributed by atoms with Gasteiger partial charge in [-0.25, -0.2) is 4.98 Å². The Labute approximate surface area is 167 Å². The molecule has 10 heteroatoms. The van der Waals surface area contributed by atoms with Gasteiger partial charge < -0.3 is 15.5 Å². The first-order valence-corrected chi connectivity index (χ1v) is 10.4. The number of aromatic nitrogens is 3. The molecule has 0 unspecified atom stereocenters. The van der Waals surface area contributed by atoms with E-state index in [1.807, 2.05) is 18.7 Å². The Morgan fingerprint density at radius 2 is 2.21 bits per heavy atom. The first-order valence-electron chi connectivity index (χ1n) is 9.54. The Balaban J connectivity index is 1.80. The van der Waals surface area contributed by atoms with Gasteiger partial charge in [0.1, 0.15) is 17.6 Å². The molecule has 2 atom stereocenters. The van der Waals surface area contributed by atoms with Crippen LogP contribution >= 0.6 is 11.3 Å². The number of amides is 2. The van der Waals surface area contributed by atoms with Gasteiger partial charge in [0.15, 0.2) is 10.8 Å². The third-order valence-electron chi connectivity index (χ3n) is 5.02. The van der Waals surface area contributed by atoms with Gasteiger partial charge in [0.05, 0.1) is 5.92 Å². The summed E-state index contributed by atoms with van der Waals surface area (Å²) in [7, 11) is 1.64. The summed E-state index contributed by atoms with van der Waals surface area (Å²) in [6, 6.07) is 0.0577. The van der Waals surface area contributed by atoms with Gasteiger partial charge in [0.2, 0.25) is 11.8 Å². The highest BCUT2D eigenvalue weighted by molar-refractivity contribution is 7.22. The first kappa shape index (κ1) is 20.2. The monoisotopic (exact) mass is 406 g/mol. The standard InChI is InChI=1S/C18H26N6O3S/c1-4-11(2)21-13(25)9-24-10-20-15-14(17(24)27)28-18(22-15)23-7-5-6-12(8-23)16(26)19-3/h10-12H,4-9H2,1-3H3,(H,19,26)(H,21,25)/t11-,12-/m0/s1. The number of piperidine rings is 1. The molecule has 1 aliphatic heterocycles. The van der Waals surface area contributed by atoms with Crippen molar-refractivity contribution in [2.24, 2.45) is 5.92 Å². The molecule has 2 amide bonds. The van der Waals surface area contributed by atoms with Crippen LogP contribution in [0.4, 0.5) is 5.13 Å². The van der Waals surface area contributed by atoms with Gasteiger partial charge in [-0.1, -0.05) is 18.3 Å². The number of nitrogens with one attached hydrogen (secondary N) is 2. The Hall–Kier alpha value is -2.49. The van der Waals surface area contributed by atoms with Crippen LogP contribution < -0.4 is 21.1 Å². The maximum absolute atomic E-state index is 12.8. The van der Waals surface area contributed by atoms with E-state index in [1.54, 1.807) is 7.05 Å². The van der Waals surface area contributed by atoms with Crippen LogP contribution in [0.3, 0.4) is 0 Å². The van der Waals surface area contributed by atoms with Crippen molar-refractivity contribution in [2.45, 2.75) is 45.7 Å². The van der Waals surface area contributed by atoms with Crippen LogP contribution in [0.2, 0.25) is 0 Å². The third-order valence-corrected chi connectivity index (χ3v) is 6.11. The van der Waals surface area contributed by atoms with Crippen LogP contribution in [-0.4, -0.2) is 52.5 Å². The summed E-state index contributed by atoms with van der Waals surface area (Å²) in [6.45, 7) is 5.20. The molecule has 152 valence electrons. The SMILES string of the molecule is CC[C@H](C)NC(=O)Cn1cnc2nc(N3CCC[C@H](C(=O)NC)C3)sc2c1=O. The van der Waals surface area contributed by atoms with Gasteiger partial charge in [0.25, 0.3) is 5.56 Å². The number of nitrogens with zero attached hydrogens (tertiary/aromatic N) is 4. The fourth-order valence-electron chi connectivity index (χ4n) is 3.23. The number of thiazole rings is 1. The normalized spacial score (nSPS) is 18.1. The van der Waals surface area contributed by atoms with Gasteiger partial charge in [-0.3, -0.25) is 19.0 Å². The van der Waals surface area contributed by atoms with Crippen molar-refractivity contribution in [2.75, 3.05) is 25.0 Å². The summed E-state index contributed by atoms with van der Waals surface area (Å²) in [5.74, 6) is -0.273. The predicted octanol–water partition coefficient (Wildman–Crippen LogP) is 0.730. The summed E-state index contributed by atoms with van der Waals surface area (Å²) in [4.78, 5) is 47.6. The van der Waals surface area contributed by atoms with E-state index in [0.717, 1.165) is 25.8 Å². The molecule has 2 aromatic rings. The van der Waals surface area contributed by atoms with Crippen LogP contribution in [0.1, 0.15) is 33.1 Å². The van der Waals surface area contributed by atoms with Crippen LogP contribution in [0, 0.1) is 5.92 Å². The lowest BCUT2D eigenvalue weighted by atomic mass is 9.98. The second-order valence-corrected chi connectivity index (χ2v) is 8.08. The van der Waals surface area contributed by atoms with Gasteiger partial charge >= 0.3 is 0 Å². The molecule has 1 saturated heterocycles. The molecule has 3 heterocycles. The van der Waals surface area contributed by atoms with Crippen LogP contribution in [0.5, 0.6) is 0 Å². The molecule has 28 heavy (non-hydrogen) atoms. The van der Waals surface area contributed by atoms with E-state index in [0.29, 0.717) is 22.0 Å². The Kier molecular flexibility index (Phi) is 6.28. The molecule has 0 radical (unpaired) electrons. The van der Waals surface area contributed by atoms with Crippen molar-refractivity contribution >= 4 is 38.6 Å². The van der Waals surface area contributed by atoms with Crippen molar-refractivity contribution in [3.63, 3.8) is 0 Å². The van der Waals surface area contributed by atoms with Crippen LogP contribution in [0.25, 0.3) is 10.3 Å².